The van der Waals surface area contributed by atoms with Crippen LogP contribution in [0.4, 0.5) is 0 Å². The molecule has 0 saturated carbocycles. The van der Waals surface area contributed by atoms with Crippen LogP contribution in [-0.4, -0.2) is 48.1 Å². The molecule has 3 rings (SSSR count). The van der Waals surface area contributed by atoms with E-state index in [2.05, 4.69) is 15.5 Å². The van der Waals surface area contributed by atoms with Crippen LogP contribution < -0.4 is 11.1 Å². The number of rotatable bonds is 10. The monoisotopic (exact) mass is 456 g/mol. The van der Waals surface area contributed by atoms with Crippen LogP contribution in [0.1, 0.15) is 29.6 Å². The molecule has 9 nitrogen and oxygen atoms in total. The number of carbonyl (C=O) groups is 2. The fourth-order valence-corrected chi connectivity index (χ4v) is 4.56. The predicted molar refractivity (Wildman–Crippen MR) is 118 cm³/mol. The van der Waals surface area contributed by atoms with Crippen molar-refractivity contribution >= 4 is 21.5 Å². The van der Waals surface area contributed by atoms with Crippen molar-refractivity contribution in [2.45, 2.75) is 31.2 Å². The van der Waals surface area contributed by atoms with Crippen LogP contribution in [-0.2, 0) is 20.4 Å². The zero-order valence-electron chi connectivity index (χ0n) is 17.5. The molecule has 2 aromatic carbocycles. The number of benzene rings is 2. The molecule has 3 N–H and O–H groups in total. The Bertz CT molecular complexity index is 1160. The first-order valence-electron chi connectivity index (χ1n) is 10.0. The van der Waals surface area contributed by atoms with Gasteiger partial charge >= 0.3 is 0 Å². The maximum atomic E-state index is 12.7. The molecule has 0 aliphatic carbocycles. The van der Waals surface area contributed by atoms with E-state index in [1.165, 1.54) is 0 Å². The Hall–Kier alpha value is -3.37. The number of nitrogens with one attached hydrogen (secondary N) is 1. The summed E-state index contributed by atoms with van der Waals surface area (Å²) in [6.07, 6.45) is 0.233. The van der Waals surface area contributed by atoms with E-state index in [0.717, 1.165) is 0 Å². The molecule has 0 bridgehead atoms. The van der Waals surface area contributed by atoms with Crippen LogP contribution >= 0.6 is 0 Å². The Morgan fingerprint density at radius 2 is 1.69 bits per heavy atom. The lowest BCUT2D eigenvalue weighted by Gasteiger charge is -2.17. The first kappa shape index (κ1) is 23.3. The van der Waals surface area contributed by atoms with Crippen LogP contribution in [0.2, 0.25) is 0 Å². The van der Waals surface area contributed by atoms with Crippen molar-refractivity contribution in [2.75, 3.05) is 5.75 Å². The fraction of sp³-hybridized carbons (Fsp3) is 0.273. The van der Waals surface area contributed by atoms with Gasteiger partial charge in [-0.2, -0.15) is 4.98 Å². The van der Waals surface area contributed by atoms with Crippen molar-refractivity contribution in [1.29, 1.82) is 0 Å². The summed E-state index contributed by atoms with van der Waals surface area (Å²) in [6, 6.07) is 15.3. The van der Waals surface area contributed by atoms with Crippen molar-refractivity contribution in [3.8, 4) is 11.4 Å². The van der Waals surface area contributed by atoms with E-state index in [4.69, 9.17) is 10.3 Å². The number of amides is 1. The molecular weight excluding hydrogens is 432 g/mol. The summed E-state index contributed by atoms with van der Waals surface area (Å²) in [5, 5.41) is 6.30. The average Bonchev–Trinajstić information content (AvgIpc) is 3.28. The highest BCUT2D eigenvalue weighted by Crippen LogP contribution is 2.16. The molecule has 0 aliphatic rings. The summed E-state index contributed by atoms with van der Waals surface area (Å²) in [7, 11) is -3.63. The second-order valence-electron chi connectivity index (χ2n) is 7.27. The van der Waals surface area contributed by atoms with Crippen LogP contribution in [0.3, 0.4) is 0 Å². The molecule has 0 fully saturated rings. The second kappa shape index (κ2) is 10.3. The predicted octanol–water partition coefficient (Wildman–Crippen LogP) is 1.76. The highest BCUT2D eigenvalue weighted by atomic mass is 32.2. The zero-order valence-corrected chi connectivity index (χ0v) is 18.3. The summed E-state index contributed by atoms with van der Waals surface area (Å²) in [5.74, 6) is -2.09. The molecule has 1 amide bonds. The van der Waals surface area contributed by atoms with Gasteiger partial charge in [-0.15, -0.1) is 0 Å². The number of sulfone groups is 1. The van der Waals surface area contributed by atoms with Gasteiger partial charge in [0.2, 0.25) is 17.5 Å². The van der Waals surface area contributed by atoms with Crippen LogP contribution in [0.5, 0.6) is 0 Å². The van der Waals surface area contributed by atoms with Gasteiger partial charge in [0.1, 0.15) is 0 Å². The number of hydrogen-bond acceptors (Lipinski definition) is 8. The van der Waals surface area contributed by atoms with Gasteiger partial charge in [0, 0.05) is 5.56 Å². The third kappa shape index (κ3) is 6.08. The molecule has 2 unspecified atom stereocenters. The van der Waals surface area contributed by atoms with E-state index in [-0.39, 0.29) is 23.9 Å². The molecule has 10 heteroatoms. The zero-order chi connectivity index (χ0) is 23.1. The first-order valence-corrected chi connectivity index (χ1v) is 11.8. The summed E-state index contributed by atoms with van der Waals surface area (Å²) < 4.78 is 29.9. The topological polar surface area (TPSA) is 145 Å². The third-order valence-corrected chi connectivity index (χ3v) is 6.35. The Balaban J connectivity index is 1.62. The van der Waals surface area contributed by atoms with E-state index in [1.807, 2.05) is 6.07 Å². The van der Waals surface area contributed by atoms with Gasteiger partial charge in [-0.3, -0.25) is 9.59 Å². The van der Waals surface area contributed by atoms with Gasteiger partial charge in [0.15, 0.2) is 9.84 Å². The minimum Gasteiger partial charge on any atom is -0.344 e. The van der Waals surface area contributed by atoms with Crippen molar-refractivity contribution in [1.82, 2.24) is 15.5 Å². The SMILES string of the molecule is CCC(NC(=O)C(N)CS(=O)(=O)Cc1ccccc1)C(=O)c1nc(-c2ccccc2)no1. The van der Waals surface area contributed by atoms with Crippen molar-refractivity contribution in [3.05, 3.63) is 72.1 Å². The number of nitrogens with two attached hydrogens (primary N) is 1. The maximum Gasteiger partial charge on any atom is 0.296 e. The molecule has 168 valence electrons. The molecule has 1 aromatic heterocycles. The van der Waals surface area contributed by atoms with E-state index in [1.54, 1.807) is 61.5 Å². The molecule has 2 atom stereocenters. The quantitative estimate of drug-likeness (QED) is 0.439. The number of Topliss-reactive ketones (excluding diaryl/α,β-unsaturated/α-hetero) is 1. The normalized spacial score (nSPS) is 13.3. The number of carbonyl (C=O) groups excluding carboxylic acids is 2. The highest BCUT2D eigenvalue weighted by Gasteiger charge is 2.29. The lowest BCUT2D eigenvalue weighted by Crippen LogP contribution is -2.50. The van der Waals surface area contributed by atoms with Crippen molar-refractivity contribution in [3.63, 3.8) is 0 Å². The standard InChI is InChI=1S/C22H24N4O5S/c1-2-18(19(27)22-25-20(26-31-22)16-11-7-4-8-12-16)24-21(28)17(23)14-32(29,30)13-15-9-5-3-6-10-15/h3-12,17-18H,2,13-14,23H2,1H3,(H,24,28). The third-order valence-electron chi connectivity index (χ3n) is 4.71. The average molecular weight is 457 g/mol. The van der Waals surface area contributed by atoms with Crippen molar-refractivity contribution < 1.29 is 22.5 Å². The summed E-state index contributed by atoms with van der Waals surface area (Å²) in [5.41, 5.74) is 7.11. The van der Waals surface area contributed by atoms with Gasteiger partial charge < -0.3 is 15.6 Å². The van der Waals surface area contributed by atoms with Gasteiger partial charge in [-0.25, -0.2) is 8.42 Å². The Morgan fingerprint density at radius 3 is 2.31 bits per heavy atom. The van der Waals surface area contributed by atoms with E-state index >= 15 is 0 Å². The van der Waals surface area contributed by atoms with Crippen LogP contribution in [0.25, 0.3) is 11.4 Å². The maximum absolute atomic E-state index is 12.7. The smallest absolute Gasteiger partial charge is 0.296 e. The highest BCUT2D eigenvalue weighted by molar-refractivity contribution is 7.90. The molecule has 32 heavy (non-hydrogen) atoms. The molecule has 0 spiro atoms. The van der Waals surface area contributed by atoms with Gasteiger partial charge in [0.05, 0.1) is 23.6 Å². The number of hydrogen-bond donors (Lipinski definition) is 2. The number of ketones is 1. The Kier molecular flexibility index (Phi) is 7.49. The van der Waals surface area contributed by atoms with E-state index in [9.17, 15) is 18.0 Å². The van der Waals surface area contributed by atoms with Crippen LogP contribution in [0.15, 0.2) is 65.2 Å². The number of aromatic nitrogens is 2. The molecule has 0 saturated heterocycles. The second-order valence-corrected chi connectivity index (χ2v) is 9.38. The summed E-state index contributed by atoms with van der Waals surface area (Å²) >= 11 is 0. The lowest BCUT2D eigenvalue weighted by atomic mass is 10.1. The van der Waals surface area contributed by atoms with Gasteiger partial charge in [0.25, 0.3) is 5.89 Å². The van der Waals surface area contributed by atoms with Gasteiger partial charge in [-0.1, -0.05) is 72.7 Å². The molecule has 0 aliphatic heterocycles. The number of nitrogens with zero attached hydrogens (tertiary/aromatic N) is 2. The van der Waals surface area contributed by atoms with Crippen molar-refractivity contribution in [2.24, 2.45) is 5.73 Å². The Morgan fingerprint density at radius 1 is 1.06 bits per heavy atom. The summed E-state index contributed by atoms with van der Waals surface area (Å²) in [4.78, 5) is 29.3. The minimum atomic E-state index is -3.63. The largest absolute Gasteiger partial charge is 0.344 e. The van der Waals surface area contributed by atoms with Gasteiger partial charge in [-0.05, 0) is 12.0 Å². The van der Waals surface area contributed by atoms with E-state index in [0.29, 0.717) is 11.1 Å². The van der Waals surface area contributed by atoms with E-state index < -0.39 is 39.4 Å². The fourth-order valence-electron chi connectivity index (χ4n) is 3.05. The Labute approximate surface area is 185 Å². The molecule has 0 radical (unpaired) electrons. The first-order chi connectivity index (χ1) is 15.3. The molecule has 1 heterocycles. The lowest BCUT2D eigenvalue weighted by molar-refractivity contribution is -0.122. The van der Waals surface area contributed by atoms with Crippen LogP contribution in [0, 0.1) is 0 Å². The molecular formula is C22H24N4O5S. The minimum absolute atomic E-state index is 0.227. The summed E-state index contributed by atoms with van der Waals surface area (Å²) in [6.45, 7) is 1.69. The molecule has 3 aromatic rings.